The maximum absolute atomic E-state index is 13.0. The Bertz CT molecular complexity index is 1510. The predicted molar refractivity (Wildman–Crippen MR) is 126 cm³/mol. The van der Waals surface area contributed by atoms with E-state index in [9.17, 15) is 14.0 Å². The zero-order valence-electron chi connectivity index (χ0n) is 17.9. The Hall–Kier alpha value is -4.65. The second-order valence-electron chi connectivity index (χ2n) is 7.64. The Morgan fingerprint density at radius 2 is 1.65 bits per heavy atom. The highest BCUT2D eigenvalue weighted by atomic mass is 19.1. The number of hydrogen-bond acceptors (Lipinski definition) is 5. The van der Waals surface area contributed by atoms with Crippen LogP contribution in [0.1, 0.15) is 20.7 Å². The Morgan fingerprint density at radius 3 is 2.47 bits per heavy atom. The number of pyridine rings is 1. The van der Waals surface area contributed by atoms with Crippen molar-refractivity contribution in [2.75, 3.05) is 6.61 Å². The minimum atomic E-state index is -0.635. The Morgan fingerprint density at radius 1 is 0.853 bits per heavy atom. The number of aromatic amines is 1. The molecular formula is C27H18FN3O3. The van der Waals surface area contributed by atoms with Crippen LogP contribution in [0.15, 0.2) is 91.3 Å². The smallest absolute Gasteiger partial charge is 0.338 e. The lowest BCUT2D eigenvalue weighted by Gasteiger charge is -2.06. The molecule has 0 bridgehead atoms. The highest BCUT2D eigenvalue weighted by molar-refractivity contribution is 5.99. The van der Waals surface area contributed by atoms with E-state index >= 15 is 0 Å². The largest absolute Gasteiger partial charge is 0.454 e. The van der Waals surface area contributed by atoms with Crippen molar-refractivity contribution in [1.82, 2.24) is 15.0 Å². The normalized spacial score (nSPS) is 10.9. The van der Waals surface area contributed by atoms with Crippen molar-refractivity contribution >= 4 is 22.5 Å². The van der Waals surface area contributed by atoms with Gasteiger partial charge in [-0.1, -0.05) is 36.4 Å². The lowest BCUT2D eigenvalue weighted by atomic mass is 10.1. The minimum absolute atomic E-state index is 0.273. The number of halogens is 1. The van der Waals surface area contributed by atoms with Crippen molar-refractivity contribution in [3.05, 3.63) is 108 Å². The third kappa shape index (κ3) is 4.45. The summed E-state index contributed by atoms with van der Waals surface area (Å²) in [7, 11) is 0. The molecule has 0 spiro atoms. The molecule has 0 fully saturated rings. The number of carbonyl (C=O) groups excluding carboxylic acids is 2. The SMILES string of the molecule is O=C(COC(=O)c1cccc(-c2c[nH]c(-c3cc4ccccc4cn3)n2)c1)c1ccc(F)cc1. The molecule has 2 heterocycles. The van der Waals surface area contributed by atoms with Crippen LogP contribution in [0.2, 0.25) is 0 Å². The summed E-state index contributed by atoms with van der Waals surface area (Å²) in [5.41, 5.74) is 2.62. The molecular weight excluding hydrogens is 433 g/mol. The van der Waals surface area contributed by atoms with Crippen LogP contribution in [0.5, 0.6) is 0 Å². The summed E-state index contributed by atoms with van der Waals surface area (Å²) in [6.45, 7) is -0.436. The Kier molecular flexibility index (Phi) is 5.66. The topological polar surface area (TPSA) is 84.9 Å². The average Bonchev–Trinajstić information content (AvgIpc) is 3.38. The van der Waals surface area contributed by atoms with Gasteiger partial charge in [0.05, 0.1) is 11.3 Å². The summed E-state index contributed by atoms with van der Waals surface area (Å²) in [5, 5.41) is 2.10. The van der Waals surface area contributed by atoms with Gasteiger partial charge in [0.15, 0.2) is 18.2 Å². The number of esters is 1. The fourth-order valence-corrected chi connectivity index (χ4v) is 3.55. The lowest BCUT2D eigenvalue weighted by Crippen LogP contribution is -2.14. The van der Waals surface area contributed by atoms with Crippen LogP contribution in [0.4, 0.5) is 4.39 Å². The number of hydrogen-bond donors (Lipinski definition) is 1. The van der Waals surface area contributed by atoms with Gasteiger partial charge in [-0.2, -0.15) is 0 Å². The first-order valence-corrected chi connectivity index (χ1v) is 10.5. The average molecular weight is 451 g/mol. The summed E-state index contributed by atoms with van der Waals surface area (Å²) in [5.74, 6) is -0.879. The standard InChI is InChI=1S/C27H18FN3O3/c28-22-10-8-17(9-11-22)25(32)16-34-27(33)20-7-3-6-19(12-20)24-15-30-26(31-24)23-13-18-4-1-2-5-21(18)14-29-23/h1-15H,16H2,(H,30,31). The molecule has 166 valence electrons. The zero-order chi connectivity index (χ0) is 23.5. The fourth-order valence-electron chi connectivity index (χ4n) is 3.55. The summed E-state index contributed by atoms with van der Waals surface area (Å²) in [6.07, 6.45) is 3.55. The molecule has 34 heavy (non-hydrogen) atoms. The van der Waals surface area contributed by atoms with Gasteiger partial charge < -0.3 is 9.72 Å². The number of benzene rings is 3. The van der Waals surface area contributed by atoms with E-state index in [1.165, 1.54) is 24.3 Å². The van der Waals surface area contributed by atoms with Crippen LogP contribution in [0.25, 0.3) is 33.5 Å². The van der Waals surface area contributed by atoms with Gasteiger partial charge in [0, 0.05) is 28.9 Å². The fraction of sp³-hybridized carbons (Fsp3) is 0.0370. The van der Waals surface area contributed by atoms with E-state index in [0.717, 1.165) is 10.8 Å². The Balaban J connectivity index is 1.31. The molecule has 0 aliphatic carbocycles. The van der Waals surface area contributed by atoms with Gasteiger partial charge in [0.2, 0.25) is 0 Å². The van der Waals surface area contributed by atoms with Crippen molar-refractivity contribution in [1.29, 1.82) is 0 Å². The van der Waals surface area contributed by atoms with Gasteiger partial charge in [-0.3, -0.25) is 9.78 Å². The van der Waals surface area contributed by atoms with Crippen molar-refractivity contribution in [2.24, 2.45) is 0 Å². The van der Waals surface area contributed by atoms with E-state index in [1.807, 2.05) is 36.4 Å². The Labute approximate surface area is 194 Å². The third-order valence-corrected chi connectivity index (χ3v) is 5.35. The van der Waals surface area contributed by atoms with E-state index in [1.54, 1.807) is 30.6 Å². The van der Waals surface area contributed by atoms with Gasteiger partial charge in [-0.25, -0.2) is 14.2 Å². The van der Waals surface area contributed by atoms with Crippen molar-refractivity contribution < 1.29 is 18.7 Å². The van der Waals surface area contributed by atoms with Crippen LogP contribution >= 0.6 is 0 Å². The van der Waals surface area contributed by atoms with E-state index < -0.39 is 24.2 Å². The predicted octanol–water partition coefficient (Wildman–Crippen LogP) is 5.47. The van der Waals surface area contributed by atoms with Gasteiger partial charge >= 0.3 is 5.97 Å². The van der Waals surface area contributed by atoms with Crippen molar-refractivity contribution in [3.8, 4) is 22.8 Å². The number of aromatic nitrogens is 3. The number of rotatable bonds is 6. The molecule has 7 heteroatoms. The summed E-state index contributed by atoms with van der Waals surface area (Å²) < 4.78 is 18.2. The van der Waals surface area contributed by atoms with Crippen molar-refractivity contribution in [2.45, 2.75) is 0 Å². The van der Waals surface area contributed by atoms with Crippen LogP contribution in [-0.2, 0) is 4.74 Å². The molecule has 6 nitrogen and oxygen atoms in total. The second kappa shape index (κ2) is 9.07. The summed E-state index contributed by atoms with van der Waals surface area (Å²) in [6, 6.07) is 21.8. The maximum atomic E-state index is 13.0. The van der Waals surface area contributed by atoms with Crippen LogP contribution in [-0.4, -0.2) is 33.3 Å². The van der Waals surface area contributed by atoms with Gasteiger partial charge in [-0.15, -0.1) is 0 Å². The first-order chi connectivity index (χ1) is 16.6. The zero-order valence-corrected chi connectivity index (χ0v) is 17.9. The monoisotopic (exact) mass is 451 g/mol. The first-order valence-electron chi connectivity index (χ1n) is 10.5. The molecule has 0 radical (unpaired) electrons. The molecule has 5 aromatic rings. The van der Waals surface area contributed by atoms with Crippen LogP contribution in [0.3, 0.4) is 0 Å². The number of ketones is 1. The molecule has 3 aromatic carbocycles. The number of Topliss-reactive ketones (excluding diaryl/α,β-unsaturated/α-hetero) is 1. The quantitative estimate of drug-likeness (QED) is 0.273. The number of nitrogens with one attached hydrogen (secondary N) is 1. The molecule has 0 amide bonds. The van der Waals surface area contributed by atoms with Crippen LogP contribution < -0.4 is 0 Å². The van der Waals surface area contributed by atoms with E-state index in [4.69, 9.17) is 4.74 Å². The summed E-state index contributed by atoms with van der Waals surface area (Å²) >= 11 is 0. The molecule has 5 rings (SSSR count). The first kappa shape index (κ1) is 21.2. The van der Waals surface area contributed by atoms with Crippen molar-refractivity contribution in [3.63, 3.8) is 0 Å². The number of ether oxygens (including phenoxy) is 1. The van der Waals surface area contributed by atoms with E-state index in [0.29, 0.717) is 22.8 Å². The van der Waals surface area contributed by atoms with Crippen LogP contribution in [0, 0.1) is 5.82 Å². The molecule has 0 aliphatic heterocycles. The number of carbonyl (C=O) groups is 2. The lowest BCUT2D eigenvalue weighted by molar-refractivity contribution is 0.0475. The third-order valence-electron chi connectivity index (χ3n) is 5.35. The van der Waals surface area contributed by atoms with Gasteiger partial charge in [0.25, 0.3) is 0 Å². The molecule has 0 atom stereocenters. The number of fused-ring (bicyclic) bond motifs is 1. The highest BCUT2D eigenvalue weighted by Crippen LogP contribution is 2.24. The second-order valence-corrected chi connectivity index (χ2v) is 7.64. The molecule has 0 saturated heterocycles. The van der Waals surface area contributed by atoms with Gasteiger partial charge in [0.1, 0.15) is 11.5 Å². The molecule has 0 saturated carbocycles. The molecule has 1 N–H and O–H groups in total. The minimum Gasteiger partial charge on any atom is -0.454 e. The number of nitrogens with zero attached hydrogens (tertiary/aromatic N) is 2. The number of H-pyrrole nitrogens is 1. The maximum Gasteiger partial charge on any atom is 0.338 e. The highest BCUT2D eigenvalue weighted by Gasteiger charge is 2.14. The summed E-state index contributed by atoms with van der Waals surface area (Å²) in [4.78, 5) is 36.9. The molecule has 2 aromatic heterocycles. The van der Waals surface area contributed by atoms with E-state index in [2.05, 4.69) is 15.0 Å². The number of imidazole rings is 1. The molecule has 0 aliphatic rings. The molecule has 0 unspecified atom stereocenters. The van der Waals surface area contributed by atoms with E-state index in [-0.39, 0.29) is 11.1 Å². The van der Waals surface area contributed by atoms with Gasteiger partial charge in [-0.05, 0) is 47.9 Å².